The fourth-order valence-corrected chi connectivity index (χ4v) is 5.13. The smallest absolute Gasteiger partial charge is 0.337 e. The number of hydrogen-bond acceptors (Lipinski definition) is 5. The van der Waals surface area contributed by atoms with Gasteiger partial charge in [0.2, 0.25) is 0 Å². The summed E-state index contributed by atoms with van der Waals surface area (Å²) in [6.45, 7) is 1.82. The molecule has 0 spiro atoms. The van der Waals surface area contributed by atoms with Gasteiger partial charge in [-0.05, 0) is 67.7 Å². The highest BCUT2D eigenvalue weighted by molar-refractivity contribution is 5.97. The molecule has 2 heterocycles. The molecule has 5 rings (SSSR count). The number of H-pyrrole nitrogens is 1. The Morgan fingerprint density at radius 3 is 2.53 bits per heavy atom. The largest absolute Gasteiger partial charge is 0.465 e. The molecule has 1 aliphatic heterocycles. The van der Waals surface area contributed by atoms with Crippen LogP contribution in [0.1, 0.15) is 55.7 Å². The molecular formula is C31H32N4O3. The lowest BCUT2D eigenvalue weighted by atomic mass is 9.89. The molecule has 1 atom stereocenters. The van der Waals surface area contributed by atoms with Crippen molar-refractivity contribution in [3.63, 3.8) is 0 Å². The number of aromatic amines is 1. The second-order valence-corrected chi connectivity index (χ2v) is 9.75. The van der Waals surface area contributed by atoms with Crippen LogP contribution in [0.3, 0.4) is 0 Å². The first-order valence-electron chi connectivity index (χ1n) is 12.9. The first kappa shape index (κ1) is 25.4. The van der Waals surface area contributed by atoms with E-state index in [1.807, 2.05) is 42.5 Å². The normalized spacial score (nSPS) is 14.7. The summed E-state index contributed by atoms with van der Waals surface area (Å²) in [4.78, 5) is 27.2. The zero-order valence-corrected chi connectivity index (χ0v) is 21.7. The molecule has 1 aliphatic rings. The number of aromatic nitrogens is 2. The van der Waals surface area contributed by atoms with Crippen molar-refractivity contribution in [1.82, 2.24) is 20.4 Å². The number of esters is 1. The Labute approximate surface area is 222 Å². The Morgan fingerprint density at radius 2 is 1.76 bits per heavy atom. The van der Waals surface area contributed by atoms with Crippen LogP contribution in [-0.4, -0.2) is 47.7 Å². The van der Waals surface area contributed by atoms with Gasteiger partial charge < -0.3 is 15.0 Å². The Bertz CT molecular complexity index is 1410. The van der Waals surface area contributed by atoms with E-state index in [4.69, 9.17) is 9.84 Å². The number of benzene rings is 3. The predicted octanol–water partition coefficient (Wildman–Crippen LogP) is 4.96. The van der Waals surface area contributed by atoms with Crippen LogP contribution in [0.5, 0.6) is 0 Å². The summed E-state index contributed by atoms with van der Waals surface area (Å²) in [5.41, 5.74) is 7.27. The van der Waals surface area contributed by atoms with Gasteiger partial charge in [0.25, 0.3) is 5.91 Å². The van der Waals surface area contributed by atoms with Crippen LogP contribution in [0.4, 0.5) is 0 Å². The Kier molecular flexibility index (Phi) is 7.65. The van der Waals surface area contributed by atoms with Gasteiger partial charge in [-0.3, -0.25) is 9.89 Å². The minimum atomic E-state index is -0.373. The molecule has 7 heteroatoms. The zero-order valence-electron chi connectivity index (χ0n) is 21.7. The van der Waals surface area contributed by atoms with Gasteiger partial charge >= 0.3 is 5.97 Å². The number of rotatable bonds is 9. The Balaban J connectivity index is 1.39. The van der Waals surface area contributed by atoms with Crippen LogP contribution in [0, 0.1) is 0 Å². The van der Waals surface area contributed by atoms with Crippen molar-refractivity contribution in [2.75, 3.05) is 20.7 Å². The average molecular weight is 509 g/mol. The fraction of sp³-hybridized carbons (Fsp3) is 0.258. The van der Waals surface area contributed by atoms with Crippen molar-refractivity contribution in [2.45, 2.75) is 31.8 Å². The summed E-state index contributed by atoms with van der Waals surface area (Å²) in [6.07, 6.45) is 2.41. The van der Waals surface area contributed by atoms with E-state index in [2.05, 4.69) is 46.6 Å². The highest BCUT2D eigenvalue weighted by atomic mass is 16.5. The highest BCUT2D eigenvalue weighted by Crippen LogP contribution is 2.34. The summed E-state index contributed by atoms with van der Waals surface area (Å²) in [5.74, 6) is -0.460. The topological polar surface area (TPSA) is 87.3 Å². The summed E-state index contributed by atoms with van der Waals surface area (Å²) < 4.78 is 4.86. The number of ether oxygens (including phenoxy) is 1. The molecule has 0 bridgehead atoms. The first-order valence-corrected chi connectivity index (χ1v) is 12.9. The highest BCUT2D eigenvalue weighted by Gasteiger charge is 2.30. The minimum Gasteiger partial charge on any atom is -0.465 e. The van der Waals surface area contributed by atoms with E-state index in [9.17, 15) is 9.59 Å². The van der Waals surface area contributed by atoms with Crippen molar-refractivity contribution in [2.24, 2.45) is 0 Å². The maximum Gasteiger partial charge on any atom is 0.337 e. The van der Waals surface area contributed by atoms with Crippen molar-refractivity contribution in [1.29, 1.82) is 0 Å². The maximum absolute atomic E-state index is 12.9. The number of methoxy groups -OCH3 is 1. The number of nitrogens with one attached hydrogen (secondary N) is 2. The lowest BCUT2D eigenvalue weighted by Gasteiger charge is -2.25. The fourth-order valence-electron chi connectivity index (χ4n) is 5.13. The van der Waals surface area contributed by atoms with Crippen molar-refractivity contribution < 1.29 is 14.3 Å². The predicted molar refractivity (Wildman–Crippen MR) is 147 cm³/mol. The molecule has 2 N–H and O–H groups in total. The molecule has 1 unspecified atom stereocenters. The second-order valence-electron chi connectivity index (χ2n) is 9.75. The quantitative estimate of drug-likeness (QED) is 0.312. The zero-order chi connectivity index (χ0) is 26.5. The van der Waals surface area contributed by atoms with E-state index < -0.39 is 0 Å². The van der Waals surface area contributed by atoms with Gasteiger partial charge in [0.15, 0.2) is 0 Å². The maximum atomic E-state index is 12.9. The van der Waals surface area contributed by atoms with Crippen LogP contribution in [0.15, 0.2) is 78.9 Å². The van der Waals surface area contributed by atoms with E-state index in [-0.39, 0.29) is 17.9 Å². The number of fused-ring (bicyclic) bond motifs is 1. The van der Waals surface area contributed by atoms with Gasteiger partial charge in [-0.15, -0.1) is 0 Å². The lowest BCUT2D eigenvalue weighted by molar-refractivity contribution is 0.0600. The molecule has 0 aliphatic carbocycles. The van der Waals surface area contributed by atoms with E-state index in [0.717, 1.165) is 54.0 Å². The van der Waals surface area contributed by atoms with E-state index >= 15 is 0 Å². The van der Waals surface area contributed by atoms with Gasteiger partial charge in [-0.1, -0.05) is 60.7 Å². The number of hydrogen-bond donors (Lipinski definition) is 2. The molecule has 7 nitrogen and oxygen atoms in total. The van der Waals surface area contributed by atoms with Crippen molar-refractivity contribution in [3.05, 3.63) is 113 Å². The second kappa shape index (κ2) is 11.4. The van der Waals surface area contributed by atoms with E-state index in [0.29, 0.717) is 17.5 Å². The van der Waals surface area contributed by atoms with Gasteiger partial charge in [-0.25, -0.2) is 4.79 Å². The molecule has 0 fully saturated rings. The lowest BCUT2D eigenvalue weighted by Crippen LogP contribution is -2.35. The number of nitrogens with zero attached hydrogens (tertiary/aromatic N) is 2. The molecule has 4 aromatic rings. The summed E-state index contributed by atoms with van der Waals surface area (Å²) in [7, 11) is 3.51. The molecule has 0 saturated heterocycles. The number of amides is 1. The number of aryl methyl sites for hydroxylation is 1. The molecule has 194 valence electrons. The van der Waals surface area contributed by atoms with E-state index in [1.165, 1.54) is 12.7 Å². The molecule has 0 saturated carbocycles. The molecule has 3 aromatic carbocycles. The third kappa shape index (κ3) is 5.53. The monoisotopic (exact) mass is 508 g/mol. The van der Waals surface area contributed by atoms with Crippen LogP contribution < -0.4 is 5.32 Å². The van der Waals surface area contributed by atoms with Gasteiger partial charge in [0, 0.05) is 23.4 Å². The van der Waals surface area contributed by atoms with Gasteiger partial charge in [0.05, 0.1) is 24.4 Å². The van der Waals surface area contributed by atoms with Crippen LogP contribution in [0.2, 0.25) is 0 Å². The SMILES string of the molecule is COC(=O)c1ccc(-c2c(C3Cc4ccccc4C(=O)N3)n[nH]c2CCCN(C)Cc2ccccc2)cc1. The summed E-state index contributed by atoms with van der Waals surface area (Å²) >= 11 is 0. The van der Waals surface area contributed by atoms with Crippen LogP contribution in [-0.2, 0) is 24.1 Å². The standard InChI is InChI=1S/C31H32N4O3/c1-35(20-21-9-4-3-5-10-21)18-8-13-26-28(22-14-16-23(17-15-22)31(37)38-2)29(34-33-26)27-19-24-11-6-7-12-25(24)30(36)32-27/h3-7,9-12,14-17,27H,8,13,18-20H2,1-2H3,(H,32,36)(H,33,34). The molecule has 0 radical (unpaired) electrons. The Hall–Kier alpha value is -4.23. The third-order valence-corrected chi connectivity index (χ3v) is 7.05. The number of carbonyl (C=O) groups is 2. The summed E-state index contributed by atoms with van der Waals surface area (Å²) in [5, 5.41) is 11.1. The van der Waals surface area contributed by atoms with Gasteiger partial charge in [-0.2, -0.15) is 5.10 Å². The number of carbonyl (C=O) groups excluding carboxylic acids is 2. The van der Waals surface area contributed by atoms with Crippen molar-refractivity contribution in [3.8, 4) is 11.1 Å². The molecule has 1 amide bonds. The molecule has 1 aromatic heterocycles. The summed E-state index contributed by atoms with van der Waals surface area (Å²) in [6, 6.07) is 25.3. The van der Waals surface area contributed by atoms with Crippen molar-refractivity contribution >= 4 is 11.9 Å². The van der Waals surface area contributed by atoms with Gasteiger partial charge in [0.1, 0.15) is 0 Å². The van der Waals surface area contributed by atoms with Crippen LogP contribution >= 0.6 is 0 Å². The van der Waals surface area contributed by atoms with Crippen LogP contribution in [0.25, 0.3) is 11.1 Å². The molecule has 38 heavy (non-hydrogen) atoms. The first-order chi connectivity index (χ1) is 18.5. The molecular weight excluding hydrogens is 476 g/mol. The third-order valence-electron chi connectivity index (χ3n) is 7.05. The van der Waals surface area contributed by atoms with E-state index in [1.54, 1.807) is 12.1 Å². The minimum absolute atomic E-state index is 0.0871. The average Bonchev–Trinajstić information content (AvgIpc) is 3.37. The Morgan fingerprint density at radius 1 is 1.03 bits per heavy atom.